The number of hydrogen-bond donors (Lipinski definition) is 3. The smallest absolute Gasteiger partial charge is 0.400 e. The molecule has 0 aliphatic heterocycles. The fourth-order valence-corrected chi connectivity index (χ4v) is 2.75. The van der Waals surface area contributed by atoms with Crippen LogP contribution in [0.4, 0.5) is 13.2 Å². The molecule has 0 aliphatic carbocycles. The van der Waals surface area contributed by atoms with E-state index in [4.69, 9.17) is 10.9 Å². The topological polar surface area (TPSA) is 83.5 Å². The number of alkyl halides is 3. The van der Waals surface area contributed by atoms with Gasteiger partial charge >= 0.3 is 6.18 Å². The third-order valence-electron chi connectivity index (χ3n) is 2.83. The van der Waals surface area contributed by atoms with Crippen molar-refractivity contribution in [2.75, 3.05) is 6.54 Å². The van der Waals surface area contributed by atoms with E-state index in [9.17, 15) is 13.2 Å². The fraction of sp³-hybridized carbons (Fsp3) is 0.636. The van der Waals surface area contributed by atoms with Crippen molar-refractivity contribution in [2.45, 2.75) is 33.0 Å². The molecule has 1 rings (SSSR count). The largest absolute Gasteiger partial charge is 0.409 e. The number of nitrogens with zero attached hydrogens (tertiary/aromatic N) is 2. The van der Waals surface area contributed by atoms with Gasteiger partial charge in [0, 0.05) is 17.5 Å². The molecular formula is C11H17F3N4OS. The molecule has 1 aromatic heterocycles. The van der Waals surface area contributed by atoms with Gasteiger partial charge in [-0.25, -0.2) is 4.98 Å². The molecule has 2 unspecified atom stereocenters. The van der Waals surface area contributed by atoms with Crippen LogP contribution >= 0.6 is 11.3 Å². The molecule has 0 bridgehead atoms. The molecule has 0 aliphatic rings. The summed E-state index contributed by atoms with van der Waals surface area (Å²) in [5.74, 6) is -2.88. The van der Waals surface area contributed by atoms with Gasteiger partial charge in [-0.2, -0.15) is 13.2 Å². The summed E-state index contributed by atoms with van der Waals surface area (Å²) < 4.78 is 38.3. The molecule has 1 heterocycles. The second-order valence-electron chi connectivity index (χ2n) is 4.43. The minimum Gasteiger partial charge on any atom is -0.409 e. The van der Waals surface area contributed by atoms with Gasteiger partial charge in [-0.1, -0.05) is 5.16 Å². The molecule has 0 spiro atoms. The summed E-state index contributed by atoms with van der Waals surface area (Å²) in [4.78, 5) is 5.10. The first-order valence-electron chi connectivity index (χ1n) is 5.88. The van der Waals surface area contributed by atoms with Gasteiger partial charge in [0.05, 0.1) is 10.7 Å². The van der Waals surface area contributed by atoms with Gasteiger partial charge in [-0.05, 0) is 20.8 Å². The Kier molecular flexibility index (Phi) is 5.35. The first-order valence-corrected chi connectivity index (χ1v) is 6.70. The summed E-state index contributed by atoms with van der Waals surface area (Å²) in [6.07, 6.45) is -4.57. The second kappa shape index (κ2) is 6.40. The van der Waals surface area contributed by atoms with E-state index in [0.717, 1.165) is 15.6 Å². The van der Waals surface area contributed by atoms with E-state index < -0.39 is 24.5 Å². The molecule has 0 aromatic carbocycles. The number of rotatable bonds is 5. The molecule has 0 saturated heterocycles. The second-order valence-corrected chi connectivity index (χ2v) is 5.67. The van der Waals surface area contributed by atoms with Gasteiger partial charge in [0.25, 0.3) is 0 Å². The molecule has 4 N–H and O–H groups in total. The Hall–Kier alpha value is -1.35. The molecule has 0 radical (unpaired) electrons. The van der Waals surface area contributed by atoms with Crippen molar-refractivity contribution in [1.29, 1.82) is 0 Å². The van der Waals surface area contributed by atoms with Crippen LogP contribution < -0.4 is 11.1 Å². The minimum absolute atomic E-state index is 0.294. The number of nitrogens with two attached hydrogens (primary N) is 1. The van der Waals surface area contributed by atoms with Crippen LogP contribution in [0, 0.1) is 19.8 Å². The number of nitrogens with one attached hydrogen (secondary N) is 1. The minimum atomic E-state index is -4.57. The molecule has 0 fully saturated rings. The van der Waals surface area contributed by atoms with Gasteiger partial charge in [0.15, 0.2) is 5.84 Å². The summed E-state index contributed by atoms with van der Waals surface area (Å²) in [6.45, 7) is 4.93. The van der Waals surface area contributed by atoms with Gasteiger partial charge in [0.1, 0.15) is 5.92 Å². The van der Waals surface area contributed by atoms with Crippen molar-refractivity contribution >= 4 is 17.2 Å². The molecule has 0 saturated carbocycles. The number of aromatic nitrogens is 1. The molecule has 0 amide bonds. The molecule has 20 heavy (non-hydrogen) atoms. The van der Waals surface area contributed by atoms with Gasteiger partial charge in [-0.15, -0.1) is 11.3 Å². The van der Waals surface area contributed by atoms with Crippen LogP contribution in [0.25, 0.3) is 0 Å². The van der Waals surface area contributed by atoms with Crippen LogP contribution in [0.1, 0.15) is 28.5 Å². The van der Waals surface area contributed by atoms with Crippen LogP contribution in [0.5, 0.6) is 0 Å². The van der Waals surface area contributed by atoms with Crippen LogP contribution in [0.3, 0.4) is 0 Å². The normalized spacial score (nSPS) is 16.2. The molecular weight excluding hydrogens is 293 g/mol. The number of oxime groups is 1. The highest BCUT2D eigenvalue weighted by atomic mass is 32.1. The summed E-state index contributed by atoms with van der Waals surface area (Å²) >= 11 is 1.43. The summed E-state index contributed by atoms with van der Waals surface area (Å²) in [5.41, 5.74) is 5.88. The zero-order chi connectivity index (χ0) is 15.5. The third kappa shape index (κ3) is 4.07. The Morgan fingerprint density at radius 1 is 1.50 bits per heavy atom. The lowest BCUT2D eigenvalue weighted by atomic mass is 10.1. The Morgan fingerprint density at radius 3 is 2.50 bits per heavy atom. The average molecular weight is 310 g/mol. The molecule has 1 aromatic rings. The third-order valence-corrected chi connectivity index (χ3v) is 4.08. The van der Waals surface area contributed by atoms with E-state index in [1.165, 1.54) is 11.3 Å². The highest BCUT2D eigenvalue weighted by Gasteiger charge is 2.42. The van der Waals surface area contributed by atoms with Crippen LogP contribution in [-0.2, 0) is 0 Å². The molecule has 5 nitrogen and oxygen atoms in total. The van der Waals surface area contributed by atoms with E-state index in [-0.39, 0.29) is 6.04 Å². The fourth-order valence-electron chi connectivity index (χ4n) is 1.79. The Bertz CT molecular complexity index is 487. The maximum Gasteiger partial charge on any atom is 0.400 e. The lowest BCUT2D eigenvalue weighted by Gasteiger charge is -2.21. The maximum absolute atomic E-state index is 12.8. The van der Waals surface area contributed by atoms with E-state index in [0.29, 0.717) is 0 Å². The summed E-state index contributed by atoms with van der Waals surface area (Å²) in [5, 5.41) is 14.5. The van der Waals surface area contributed by atoms with Gasteiger partial charge < -0.3 is 16.3 Å². The van der Waals surface area contributed by atoms with Crippen LogP contribution in [0.15, 0.2) is 5.16 Å². The van der Waals surface area contributed by atoms with Crippen LogP contribution in [-0.4, -0.2) is 28.7 Å². The van der Waals surface area contributed by atoms with E-state index in [2.05, 4.69) is 15.5 Å². The molecule has 2 atom stereocenters. The maximum atomic E-state index is 12.8. The molecule has 114 valence electrons. The van der Waals surface area contributed by atoms with Crippen molar-refractivity contribution in [2.24, 2.45) is 16.8 Å². The number of halogens is 3. The van der Waals surface area contributed by atoms with E-state index in [1.54, 1.807) is 6.92 Å². The first-order chi connectivity index (χ1) is 9.16. The number of hydrogen-bond acceptors (Lipinski definition) is 5. The highest BCUT2D eigenvalue weighted by molar-refractivity contribution is 7.11. The van der Waals surface area contributed by atoms with Crippen molar-refractivity contribution in [1.82, 2.24) is 10.3 Å². The number of thiazole rings is 1. The van der Waals surface area contributed by atoms with Crippen molar-refractivity contribution < 1.29 is 18.4 Å². The Balaban J connectivity index is 2.75. The van der Waals surface area contributed by atoms with Crippen molar-refractivity contribution in [3.8, 4) is 0 Å². The molecule has 9 heteroatoms. The zero-order valence-corrected chi connectivity index (χ0v) is 12.1. The lowest BCUT2D eigenvalue weighted by Crippen LogP contribution is -2.43. The Morgan fingerprint density at radius 2 is 2.10 bits per heavy atom. The predicted molar refractivity (Wildman–Crippen MR) is 71.0 cm³/mol. The SMILES string of the molecule is Cc1nc(C)c(C(C)NCC(C(N)=NO)C(F)(F)F)s1. The predicted octanol–water partition coefficient (Wildman–Crippen LogP) is 2.34. The highest BCUT2D eigenvalue weighted by Crippen LogP contribution is 2.28. The van der Waals surface area contributed by atoms with Gasteiger partial charge in [0.2, 0.25) is 0 Å². The number of amidine groups is 1. The van der Waals surface area contributed by atoms with Crippen molar-refractivity contribution in [3.05, 3.63) is 15.6 Å². The quantitative estimate of drug-likeness (QED) is 0.337. The monoisotopic (exact) mass is 310 g/mol. The lowest BCUT2D eigenvalue weighted by molar-refractivity contribution is -0.155. The van der Waals surface area contributed by atoms with Crippen LogP contribution in [0.2, 0.25) is 0 Å². The Labute approximate surface area is 118 Å². The average Bonchev–Trinajstić information content (AvgIpc) is 2.66. The van der Waals surface area contributed by atoms with Crippen molar-refractivity contribution in [3.63, 3.8) is 0 Å². The van der Waals surface area contributed by atoms with Gasteiger partial charge in [-0.3, -0.25) is 0 Å². The van der Waals surface area contributed by atoms with E-state index >= 15 is 0 Å². The standard InChI is InChI=1S/C11H17F3N4OS/c1-5(9-6(2)17-7(3)20-9)16-4-8(10(15)18-19)11(12,13)14/h5,8,16,19H,4H2,1-3H3,(H2,15,18). The summed E-state index contributed by atoms with van der Waals surface area (Å²) in [7, 11) is 0. The number of aryl methyl sites for hydroxylation is 2. The van der Waals surface area contributed by atoms with E-state index in [1.807, 2.05) is 13.8 Å². The zero-order valence-electron chi connectivity index (χ0n) is 11.3. The first kappa shape index (κ1) is 16.7. The summed E-state index contributed by atoms with van der Waals surface area (Å²) in [6, 6.07) is -0.294.